The molecule has 0 bridgehead atoms. The first-order valence-corrected chi connectivity index (χ1v) is 9.14. The lowest BCUT2D eigenvalue weighted by Crippen LogP contribution is -2.47. The Morgan fingerprint density at radius 1 is 1.30 bits per heavy atom. The van der Waals surface area contributed by atoms with E-state index >= 15 is 0 Å². The van der Waals surface area contributed by atoms with Crippen LogP contribution < -0.4 is 10.1 Å². The highest BCUT2D eigenvalue weighted by Gasteiger charge is 2.28. The van der Waals surface area contributed by atoms with Crippen molar-refractivity contribution >= 4 is 22.7 Å². The van der Waals surface area contributed by atoms with Crippen molar-refractivity contribution in [2.75, 3.05) is 25.5 Å². The Labute approximate surface area is 158 Å². The minimum atomic E-state index is -0.523. The van der Waals surface area contributed by atoms with E-state index < -0.39 is 11.4 Å². The number of nitrogens with zero attached hydrogens (tertiary/aromatic N) is 2. The molecule has 0 spiro atoms. The summed E-state index contributed by atoms with van der Waals surface area (Å²) in [6, 6.07) is 5.04. The summed E-state index contributed by atoms with van der Waals surface area (Å²) in [7, 11) is 1.44. The number of hydrogen-bond donors (Lipinski definition) is 1. The molecule has 27 heavy (non-hydrogen) atoms. The Morgan fingerprint density at radius 3 is 2.78 bits per heavy atom. The van der Waals surface area contributed by atoms with Crippen LogP contribution >= 0.6 is 0 Å². The number of nitrogens with one attached hydrogen (secondary N) is 1. The molecule has 0 unspecified atom stereocenters. The van der Waals surface area contributed by atoms with Gasteiger partial charge in [-0.1, -0.05) is 0 Å². The van der Waals surface area contributed by atoms with Crippen LogP contribution in [0.3, 0.4) is 0 Å². The molecule has 6 nitrogen and oxygen atoms in total. The van der Waals surface area contributed by atoms with E-state index in [9.17, 15) is 9.18 Å². The quantitative estimate of drug-likeness (QED) is 0.871. The first kappa shape index (κ1) is 19.2. The zero-order valence-electron chi connectivity index (χ0n) is 16.2. The maximum atomic E-state index is 14.5. The van der Waals surface area contributed by atoms with Crippen LogP contribution in [0.4, 0.5) is 15.0 Å². The first-order valence-electron chi connectivity index (χ1n) is 9.14. The second-order valence-corrected chi connectivity index (χ2v) is 7.75. The van der Waals surface area contributed by atoms with Gasteiger partial charge in [0.1, 0.15) is 11.4 Å². The maximum absolute atomic E-state index is 14.5. The molecule has 2 heterocycles. The van der Waals surface area contributed by atoms with Gasteiger partial charge in [0.2, 0.25) is 0 Å². The minimum absolute atomic E-state index is 0.0227. The van der Waals surface area contributed by atoms with Crippen LogP contribution in [0.25, 0.3) is 10.8 Å². The number of ether oxygens (including phenoxy) is 2. The summed E-state index contributed by atoms with van der Waals surface area (Å²) in [5.74, 6) is 0.401. The fourth-order valence-corrected chi connectivity index (χ4v) is 3.25. The molecular weight excluding hydrogens is 349 g/mol. The van der Waals surface area contributed by atoms with E-state index in [4.69, 9.17) is 9.47 Å². The van der Waals surface area contributed by atoms with Crippen molar-refractivity contribution in [3.63, 3.8) is 0 Å². The summed E-state index contributed by atoms with van der Waals surface area (Å²) < 4.78 is 25.0. The number of hydrogen-bond acceptors (Lipinski definition) is 5. The molecule has 0 aliphatic carbocycles. The van der Waals surface area contributed by atoms with Crippen LogP contribution in [0.5, 0.6) is 5.75 Å². The van der Waals surface area contributed by atoms with Gasteiger partial charge in [-0.25, -0.2) is 14.2 Å². The number of piperidine rings is 1. The van der Waals surface area contributed by atoms with Crippen molar-refractivity contribution in [3.05, 3.63) is 30.2 Å². The second-order valence-electron chi connectivity index (χ2n) is 7.75. The van der Waals surface area contributed by atoms with Gasteiger partial charge in [0.25, 0.3) is 0 Å². The van der Waals surface area contributed by atoms with E-state index in [0.29, 0.717) is 29.7 Å². The smallest absolute Gasteiger partial charge is 0.410 e. The zero-order valence-corrected chi connectivity index (χ0v) is 16.2. The molecule has 1 aromatic heterocycles. The van der Waals surface area contributed by atoms with Gasteiger partial charge in [-0.2, -0.15) is 0 Å². The number of likely N-dealkylation sites (tertiary alicyclic amines) is 1. The van der Waals surface area contributed by atoms with Crippen LogP contribution in [0.15, 0.2) is 24.4 Å². The molecule has 1 fully saturated rings. The molecule has 1 atom stereocenters. The average molecular weight is 375 g/mol. The predicted molar refractivity (Wildman–Crippen MR) is 103 cm³/mol. The third-order valence-electron chi connectivity index (χ3n) is 4.48. The lowest BCUT2D eigenvalue weighted by atomic mass is 10.1. The molecule has 7 heteroatoms. The SMILES string of the molecule is COc1ccc2c(N[C@@H]3CCCN(C(=O)OC(C)(C)C)C3)nccc2c1F. The molecule has 1 saturated heterocycles. The molecular formula is C20H26FN3O3. The zero-order chi connectivity index (χ0) is 19.6. The Morgan fingerprint density at radius 2 is 2.07 bits per heavy atom. The summed E-state index contributed by atoms with van der Waals surface area (Å²) in [5.41, 5.74) is -0.523. The van der Waals surface area contributed by atoms with Gasteiger partial charge in [-0.05, 0) is 51.8 Å². The van der Waals surface area contributed by atoms with Gasteiger partial charge >= 0.3 is 6.09 Å². The van der Waals surface area contributed by atoms with Crippen molar-refractivity contribution in [3.8, 4) is 5.75 Å². The summed E-state index contributed by atoms with van der Waals surface area (Å²) >= 11 is 0. The van der Waals surface area contributed by atoms with Crippen molar-refractivity contribution in [1.82, 2.24) is 9.88 Å². The number of fused-ring (bicyclic) bond motifs is 1. The summed E-state index contributed by atoms with van der Waals surface area (Å²) in [4.78, 5) is 18.4. The number of carbonyl (C=O) groups excluding carboxylic acids is 1. The molecule has 1 aromatic carbocycles. The number of amides is 1. The first-order chi connectivity index (χ1) is 12.8. The molecule has 0 radical (unpaired) electrons. The van der Waals surface area contributed by atoms with E-state index in [1.165, 1.54) is 7.11 Å². The van der Waals surface area contributed by atoms with Gasteiger partial charge in [0.15, 0.2) is 11.6 Å². The van der Waals surface area contributed by atoms with Gasteiger partial charge in [-0.15, -0.1) is 0 Å². The molecule has 2 aromatic rings. The Bertz CT molecular complexity index is 835. The van der Waals surface area contributed by atoms with Crippen molar-refractivity contribution in [2.24, 2.45) is 0 Å². The Kier molecular flexibility index (Phi) is 5.39. The van der Waals surface area contributed by atoms with Crippen LogP contribution in [0, 0.1) is 5.82 Å². The lowest BCUT2D eigenvalue weighted by Gasteiger charge is -2.34. The van der Waals surface area contributed by atoms with Gasteiger partial charge in [0, 0.05) is 36.1 Å². The standard InChI is InChI=1S/C20H26FN3O3/c1-20(2,3)27-19(25)24-11-5-6-13(12-24)23-18-15-7-8-16(26-4)17(21)14(15)9-10-22-18/h7-10,13H,5-6,11-12H2,1-4H3,(H,22,23)/t13-/m1/s1. The number of benzene rings is 1. The highest BCUT2D eigenvalue weighted by molar-refractivity contribution is 5.93. The number of aromatic nitrogens is 1. The molecule has 3 rings (SSSR count). The monoisotopic (exact) mass is 375 g/mol. The van der Waals surface area contributed by atoms with E-state index in [0.717, 1.165) is 12.8 Å². The Hall–Kier alpha value is -2.57. The number of pyridine rings is 1. The van der Waals surface area contributed by atoms with Crippen LogP contribution in [-0.2, 0) is 4.74 Å². The van der Waals surface area contributed by atoms with E-state index in [2.05, 4.69) is 10.3 Å². The number of halogens is 1. The van der Waals surface area contributed by atoms with Crippen molar-refractivity contribution < 1.29 is 18.7 Å². The molecule has 1 aliphatic heterocycles. The minimum Gasteiger partial charge on any atom is -0.494 e. The molecule has 1 aliphatic rings. The number of carbonyl (C=O) groups is 1. The highest BCUT2D eigenvalue weighted by Crippen LogP contribution is 2.30. The highest BCUT2D eigenvalue weighted by atomic mass is 19.1. The average Bonchev–Trinajstić information content (AvgIpc) is 2.61. The van der Waals surface area contributed by atoms with Gasteiger partial charge in [-0.3, -0.25) is 0 Å². The molecule has 1 amide bonds. The van der Waals surface area contributed by atoms with E-state index in [1.54, 1.807) is 29.3 Å². The van der Waals surface area contributed by atoms with Crippen LogP contribution in [0.2, 0.25) is 0 Å². The molecule has 0 saturated carbocycles. The fourth-order valence-electron chi connectivity index (χ4n) is 3.25. The predicted octanol–water partition coefficient (Wildman–Crippen LogP) is 4.19. The number of methoxy groups -OCH3 is 1. The van der Waals surface area contributed by atoms with Crippen LogP contribution in [-0.4, -0.2) is 47.8 Å². The van der Waals surface area contributed by atoms with E-state index in [-0.39, 0.29) is 17.9 Å². The second kappa shape index (κ2) is 7.58. The summed E-state index contributed by atoms with van der Waals surface area (Å²) in [5, 5.41) is 4.50. The third-order valence-corrected chi connectivity index (χ3v) is 4.48. The topological polar surface area (TPSA) is 63.7 Å². The fraction of sp³-hybridized carbons (Fsp3) is 0.500. The molecule has 1 N–H and O–H groups in total. The number of rotatable bonds is 3. The third kappa shape index (κ3) is 4.40. The van der Waals surface area contributed by atoms with Gasteiger partial charge in [0.05, 0.1) is 7.11 Å². The van der Waals surface area contributed by atoms with Crippen molar-refractivity contribution in [1.29, 1.82) is 0 Å². The summed E-state index contributed by atoms with van der Waals surface area (Å²) in [6.07, 6.45) is 3.03. The summed E-state index contributed by atoms with van der Waals surface area (Å²) in [6.45, 7) is 6.75. The largest absolute Gasteiger partial charge is 0.494 e. The maximum Gasteiger partial charge on any atom is 0.410 e. The Balaban J connectivity index is 1.77. The number of anilines is 1. The van der Waals surface area contributed by atoms with Crippen LogP contribution in [0.1, 0.15) is 33.6 Å². The molecule has 146 valence electrons. The normalized spacial score (nSPS) is 17.7. The van der Waals surface area contributed by atoms with Gasteiger partial charge < -0.3 is 19.7 Å². The lowest BCUT2D eigenvalue weighted by molar-refractivity contribution is 0.0206. The van der Waals surface area contributed by atoms with E-state index in [1.807, 2.05) is 20.8 Å². The van der Waals surface area contributed by atoms with Crippen molar-refractivity contribution in [2.45, 2.75) is 45.3 Å².